The smallest absolute Gasteiger partial charge is 0.218 e. The van der Waals surface area contributed by atoms with E-state index < -0.39 is 0 Å². The molecule has 1 aliphatic heterocycles. The number of piperazine rings is 1. The maximum atomic E-state index is 5.45. The van der Waals surface area contributed by atoms with Crippen LogP contribution in [0, 0.1) is 0 Å². The second kappa shape index (κ2) is 6.44. The fraction of sp³-hybridized carbons (Fsp3) is 0.688. The van der Waals surface area contributed by atoms with Crippen LogP contribution in [0.15, 0.2) is 12.1 Å². The SMILES string of the molecule is COc1nc(N2CCN(C(C)C)CC2)ccc1C(C)C. The summed E-state index contributed by atoms with van der Waals surface area (Å²) in [7, 11) is 1.70. The largest absolute Gasteiger partial charge is 0.481 e. The van der Waals surface area contributed by atoms with Gasteiger partial charge in [0.05, 0.1) is 7.11 Å². The number of nitrogens with zero attached hydrogens (tertiary/aromatic N) is 3. The van der Waals surface area contributed by atoms with Crippen LogP contribution < -0.4 is 9.64 Å². The fourth-order valence-electron chi connectivity index (χ4n) is 2.69. The van der Waals surface area contributed by atoms with E-state index >= 15 is 0 Å². The van der Waals surface area contributed by atoms with Gasteiger partial charge in [-0.25, -0.2) is 0 Å². The van der Waals surface area contributed by atoms with Crippen LogP contribution >= 0.6 is 0 Å². The second-order valence-corrected chi connectivity index (χ2v) is 6.04. The van der Waals surface area contributed by atoms with E-state index in [2.05, 4.69) is 49.6 Å². The van der Waals surface area contributed by atoms with E-state index in [9.17, 15) is 0 Å². The predicted molar refractivity (Wildman–Crippen MR) is 83.8 cm³/mol. The number of pyridine rings is 1. The standard InChI is InChI=1S/C16H27N3O/c1-12(2)14-6-7-15(17-16(14)20-5)19-10-8-18(9-11-19)13(3)4/h6-7,12-13H,8-11H2,1-5H3. The molecule has 0 radical (unpaired) electrons. The van der Waals surface area contributed by atoms with E-state index in [1.165, 1.54) is 5.56 Å². The lowest BCUT2D eigenvalue weighted by molar-refractivity contribution is 0.209. The average Bonchev–Trinajstić information content (AvgIpc) is 2.46. The Kier molecular flexibility index (Phi) is 4.86. The average molecular weight is 277 g/mol. The summed E-state index contributed by atoms with van der Waals surface area (Å²) in [5, 5.41) is 0. The summed E-state index contributed by atoms with van der Waals surface area (Å²) in [5.74, 6) is 2.24. The molecule has 0 unspecified atom stereocenters. The highest BCUT2D eigenvalue weighted by molar-refractivity contribution is 5.45. The van der Waals surface area contributed by atoms with Crippen molar-refractivity contribution in [3.63, 3.8) is 0 Å². The van der Waals surface area contributed by atoms with Gasteiger partial charge in [0, 0.05) is 37.8 Å². The second-order valence-electron chi connectivity index (χ2n) is 6.04. The molecule has 0 spiro atoms. The number of hydrogen-bond acceptors (Lipinski definition) is 4. The monoisotopic (exact) mass is 277 g/mol. The molecule has 0 atom stereocenters. The molecule has 1 aromatic rings. The summed E-state index contributed by atoms with van der Waals surface area (Å²) >= 11 is 0. The van der Waals surface area contributed by atoms with E-state index in [0.717, 1.165) is 37.9 Å². The van der Waals surface area contributed by atoms with Crippen LogP contribution in [-0.4, -0.2) is 49.2 Å². The van der Waals surface area contributed by atoms with Crippen molar-refractivity contribution < 1.29 is 4.74 Å². The minimum Gasteiger partial charge on any atom is -0.481 e. The molecule has 2 rings (SSSR count). The van der Waals surface area contributed by atoms with Gasteiger partial charge in [-0.2, -0.15) is 4.98 Å². The number of hydrogen-bond donors (Lipinski definition) is 0. The van der Waals surface area contributed by atoms with Crippen molar-refractivity contribution in [2.24, 2.45) is 0 Å². The molecule has 0 aromatic carbocycles. The Labute approximate surface area is 122 Å². The Balaban J connectivity index is 2.10. The summed E-state index contributed by atoms with van der Waals surface area (Å²) in [6.45, 7) is 13.1. The van der Waals surface area contributed by atoms with Gasteiger partial charge < -0.3 is 9.64 Å². The summed E-state index contributed by atoms with van der Waals surface area (Å²) < 4.78 is 5.45. The zero-order chi connectivity index (χ0) is 14.7. The molecule has 1 saturated heterocycles. The van der Waals surface area contributed by atoms with Crippen molar-refractivity contribution in [3.8, 4) is 5.88 Å². The van der Waals surface area contributed by atoms with Crippen LogP contribution in [0.2, 0.25) is 0 Å². The van der Waals surface area contributed by atoms with Crippen molar-refractivity contribution >= 4 is 5.82 Å². The van der Waals surface area contributed by atoms with Crippen LogP contribution in [0.5, 0.6) is 5.88 Å². The van der Waals surface area contributed by atoms with E-state index in [1.807, 2.05) is 0 Å². The van der Waals surface area contributed by atoms with Crippen molar-refractivity contribution in [3.05, 3.63) is 17.7 Å². The third-order valence-corrected chi connectivity index (χ3v) is 4.06. The van der Waals surface area contributed by atoms with E-state index in [1.54, 1.807) is 7.11 Å². The van der Waals surface area contributed by atoms with Gasteiger partial charge >= 0.3 is 0 Å². The van der Waals surface area contributed by atoms with Gasteiger partial charge in [0.25, 0.3) is 0 Å². The first-order valence-electron chi connectivity index (χ1n) is 7.57. The molecule has 0 bridgehead atoms. The quantitative estimate of drug-likeness (QED) is 0.846. The van der Waals surface area contributed by atoms with Gasteiger partial charge in [-0.3, -0.25) is 4.90 Å². The molecule has 0 aliphatic carbocycles. The molecule has 20 heavy (non-hydrogen) atoms. The summed E-state index contributed by atoms with van der Waals surface area (Å²) in [5.41, 5.74) is 1.18. The molecule has 4 heteroatoms. The zero-order valence-corrected chi connectivity index (χ0v) is 13.4. The Hall–Kier alpha value is -1.29. The van der Waals surface area contributed by atoms with E-state index in [-0.39, 0.29) is 0 Å². The Morgan fingerprint density at radius 3 is 2.20 bits per heavy atom. The van der Waals surface area contributed by atoms with E-state index in [4.69, 9.17) is 9.72 Å². The minimum atomic E-state index is 0.435. The molecule has 1 fully saturated rings. The number of rotatable bonds is 4. The fourth-order valence-corrected chi connectivity index (χ4v) is 2.69. The van der Waals surface area contributed by atoms with Crippen LogP contribution in [0.3, 0.4) is 0 Å². The van der Waals surface area contributed by atoms with Gasteiger partial charge in [-0.15, -0.1) is 0 Å². The molecule has 4 nitrogen and oxygen atoms in total. The molecule has 1 aliphatic rings. The molecular weight excluding hydrogens is 250 g/mol. The first-order chi connectivity index (χ1) is 9.52. The molecular formula is C16H27N3O. The Bertz CT molecular complexity index is 437. The van der Waals surface area contributed by atoms with Gasteiger partial charge in [0.15, 0.2) is 0 Å². The zero-order valence-electron chi connectivity index (χ0n) is 13.4. The van der Waals surface area contributed by atoms with Crippen molar-refractivity contribution in [2.45, 2.75) is 39.7 Å². The maximum absolute atomic E-state index is 5.45. The van der Waals surface area contributed by atoms with Gasteiger partial charge in [0.2, 0.25) is 5.88 Å². The first-order valence-corrected chi connectivity index (χ1v) is 7.57. The van der Waals surface area contributed by atoms with E-state index in [0.29, 0.717) is 12.0 Å². The van der Waals surface area contributed by atoms with Crippen LogP contribution in [0.1, 0.15) is 39.2 Å². The maximum Gasteiger partial charge on any atom is 0.218 e. The molecule has 2 heterocycles. The van der Waals surface area contributed by atoms with Crippen molar-refractivity contribution in [2.75, 3.05) is 38.2 Å². The lowest BCUT2D eigenvalue weighted by atomic mass is 10.1. The third-order valence-electron chi connectivity index (χ3n) is 4.06. The van der Waals surface area contributed by atoms with Gasteiger partial charge in [0.1, 0.15) is 5.82 Å². The van der Waals surface area contributed by atoms with Crippen molar-refractivity contribution in [1.82, 2.24) is 9.88 Å². The predicted octanol–water partition coefficient (Wildman–Crippen LogP) is 2.74. The van der Waals surface area contributed by atoms with Crippen LogP contribution in [-0.2, 0) is 0 Å². The molecule has 0 saturated carbocycles. The number of aromatic nitrogens is 1. The summed E-state index contributed by atoms with van der Waals surface area (Å²) in [6, 6.07) is 4.91. The Morgan fingerprint density at radius 2 is 1.70 bits per heavy atom. The molecule has 0 amide bonds. The highest BCUT2D eigenvalue weighted by atomic mass is 16.5. The highest BCUT2D eigenvalue weighted by Crippen LogP contribution is 2.27. The van der Waals surface area contributed by atoms with Gasteiger partial charge in [-0.1, -0.05) is 13.8 Å². The third kappa shape index (κ3) is 3.23. The highest BCUT2D eigenvalue weighted by Gasteiger charge is 2.20. The molecule has 112 valence electrons. The number of ether oxygens (including phenoxy) is 1. The topological polar surface area (TPSA) is 28.6 Å². The number of anilines is 1. The van der Waals surface area contributed by atoms with Crippen LogP contribution in [0.4, 0.5) is 5.82 Å². The molecule has 1 aromatic heterocycles. The summed E-state index contributed by atoms with van der Waals surface area (Å²) in [4.78, 5) is 9.55. The van der Waals surface area contributed by atoms with Crippen molar-refractivity contribution in [1.29, 1.82) is 0 Å². The normalized spacial score (nSPS) is 17.1. The molecule has 0 N–H and O–H groups in total. The minimum absolute atomic E-state index is 0.435. The Morgan fingerprint density at radius 1 is 1.05 bits per heavy atom. The lowest BCUT2D eigenvalue weighted by Crippen LogP contribution is -2.49. The lowest BCUT2D eigenvalue weighted by Gasteiger charge is -2.37. The number of methoxy groups -OCH3 is 1. The van der Waals surface area contributed by atoms with Gasteiger partial charge in [-0.05, 0) is 31.9 Å². The van der Waals surface area contributed by atoms with Crippen LogP contribution in [0.25, 0.3) is 0 Å². The first kappa shape index (κ1) is 15.1. The summed E-state index contributed by atoms with van der Waals surface area (Å²) in [6.07, 6.45) is 0.